The molecule has 0 radical (unpaired) electrons. The molecule has 1 aliphatic heterocycles. The van der Waals surface area contributed by atoms with Gasteiger partial charge in [-0.05, 0) is 18.3 Å². The minimum absolute atomic E-state index is 0.0363. The number of amides is 1. The van der Waals surface area contributed by atoms with E-state index in [0.717, 1.165) is 12.8 Å². The van der Waals surface area contributed by atoms with Crippen LogP contribution in [0.3, 0.4) is 0 Å². The van der Waals surface area contributed by atoms with Crippen LogP contribution in [0, 0.1) is 5.41 Å². The molecule has 0 aromatic rings. The highest BCUT2D eigenvalue weighted by Gasteiger charge is 2.41. The first kappa shape index (κ1) is 14.3. The molecule has 0 aromatic carbocycles. The van der Waals surface area contributed by atoms with Crippen LogP contribution in [-0.2, 0) is 0 Å². The largest absolute Gasteiger partial charge is 0.465 e. The van der Waals surface area contributed by atoms with Crippen LogP contribution in [0.15, 0.2) is 0 Å². The molecule has 1 fully saturated rings. The van der Waals surface area contributed by atoms with E-state index in [0.29, 0.717) is 12.6 Å². The lowest BCUT2D eigenvalue weighted by Crippen LogP contribution is -2.61. The summed E-state index contributed by atoms with van der Waals surface area (Å²) in [6, 6.07) is 0.703. The molecule has 1 rings (SSSR count). The molecule has 0 spiro atoms. The predicted molar refractivity (Wildman–Crippen MR) is 69.3 cm³/mol. The number of hydrogen-bond acceptors (Lipinski definition) is 2. The van der Waals surface area contributed by atoms with E-state index >= 15 is 0 Å². The Morgan fingerprint density at radius 2 is 2.00 bits per heavy atom. The summed E-state index contributed by atoms with van der Waals surface area (Å²) in [7, 11) is 0. The molecule has 0 bridgehead atoms. The van der Waals surface area contributed by atoms with Gasteiger partial charge in [-0.15, -0.1) is 0 Å². The summed E-state index contributed by atoms with van der Waals surface area (Å²) in [4.78, 5) is 13.0. The average Bonchev–Trinajstić information content (AvgIpc) is 2.14. The zero-order valence-corrected chi connectivity index (χ0v) is 11.7. The number of carbonyl (C=O) groups is 1. The molecule has 4 nitrogen and oxygen atoms in total. The van der Waals surface area contributed by atoms with Gasteiger partial charge in [-0.3, -0.25) is 0 Å². The summed E-state index contributed by atoms with van der Waals surface area (Å²) in [6.45, 7) is 11.2. The maximum atomic E-state index is 11.3. The maximum Gasteiger partial charge on any atom is 0.407 e. The second-order valence-electron chi connectivity index (χ2n) is 6.36. The minimum atomic E-state index is -0.791. The molecule has 1 amide bonds. The molecule has 2 N–H and O–H groups in total. The van der Waals surface area contributed by atoms with Gasteiger partial charge in [-0.25, -0.2) is 4.79 Å². The molecular formula is C13H26N2O2. The highest BCUT2D eigenvalue weighted by molar-refractivity contribution is 5.66. The number of likely N-dealkylation sites (tertiary alicyclic amines) is 1. The smallest absolute Gasteiger partial charge is 0.407 e. The molecular weight excluding hydrogens is 216 g/mol. The fourth-order valence-corrected chi connectivity index (χ4v) is 2.88. The molecule has 0 aliphatic carbocycles. The van der Waals surface area contributed by atoms with Crippen LogP contribution in [0.25, 0.3) is 0 Å². The lowest BCUT2D eigenvalue weighted by atomic mass is 9.77. The van der Waals surface area contributed by atoms with Crippen molar-refractivity contribution in [2.24, 2.45) is 5.41 Å². The summed E-state index contributed by atoms with van der Waals surface area (Å²) in [6.07, 6.45) is 1.22. The van der Waals surface area contributed by atoms with Gasteiger partial charge in [0.05, 0.1) is 6.04 Å². The van der Waals surface area contributed by atoms with Gasteiger partial charge in [0, 0.05) is 18.6 Å². The van der Waals surface area contributed by atoms with E-state index in [1.807, 2.05) is 0 Å². The third-order valence-electron chi connectivity index (χ3n) is 3.31. The first-order valence-electron chi connectivity index (χ1n) is 6.49. The van der Waals surface area contributed by atoms with E-state index in [1.54, 1.807) is 4.90 Å². The van der Waals surface area contributed by atoms with Crippen LogP contribution in [-0.4, -0.2) is 40.8 Å². The molecule has 1 heterocycles. The molecule has 4 heteroatoms. The van der Waals surface area contributed by atoms with Gasteiger partial charge >= 0.3 is 6.09 Å². The van der Waals surface area contributed by atoms with Crippen LogP contribution in [0.5, 0.6) is 0 Å². The van der Waals surface area contributed by atoms with E-state index in [2.05, 4.69) is 39.9 Å². The maximum absolute atomic E-state index is 11.3. The van der Waals surface area contributed by atoms with Gasteiger partial charge in [0.25, 0.3) is 0 Å². The monoisotopic (exact) mass is 242 g/mol. The lowest BCUT2D eigenvalue weighted by molar-refractivity contribution is 0.0355. The van der Waals surface area contributed by atoms with Gasteiger partial charge in [-0.2, -0.15) is 0 Å². The first-order chi connectivity index (χ1) is 7.73. The van der Waals surface area contributed by atoms with E-state index in [9.17, 15) is 9.90 Å². The third kappa shape index (κ3) is 3.60. The number of hydrogen-bond donors (Lipinski definition) is 2. The topological polar surface area (TPSA) is 52.6 Å². The second kappa shape index (κ2) is 5.25. The Bertz CT molecular complexity index is 271. The first-order valence-corrected chi connectivity index (χ1v) is 6.49. The van der Waals surface area contributed by atoms with Crippen LogP contribution >= 0.6 is 0 Å². The lowest BCUT2D eigenvalue weighted by Gasteiger charge is -2.47. The molecule has 1 unspecified atom stereocenters. The SMILES string of the molecule is CC(C)N[C@@H]1CCCN(C(=O)O)C1C(C)(C)C. The Morgan fingerprint density at radius 1 is 1.41 bits per heavy atom. The van der Waals surface area contributed by atoms with Crippen LogP contribution in [0.2, 0.25) is 0 Å². The van der Waals surface area contributed by atoms with Crippen molar-refractivity contribution in [1.29, 1.82) is 0 Å². The molecule has 0 aromatic heterocycles. The van der Waals surface area contributed by atoms with Gasteiger partial charge in [0.1, 0.15) is 0 Å². The van der Waals surface area contributed by atoms with Crippen molar-refractivity contribution in [3.8, 4) is 0 Å². The van der Waals surface area contributed by atoms with Gasteiger partial charge in [0.2, 0.25) is 0 Å². The van der Waals surface area contributed by atoms with Gasteiger partial charge < -0.3 is 15.3 Å². The van der Waals surface area contributed by atoms with Crippen molar-refractivity contribution in [3.05, 3.63) is 0 Å². The fourth-order valence-electron chi connectivity index (χ4n) is 2.88. The Kier molecular flexibility index (Phi) is 4.42. The average molecular weight is 242 g/mol. The zero-order valence-electron chi connectivity index (χ0n) is 11.7. The third-order valence-corrected chi connectivity index (χ3v) is 3.31. The molecule has 17 heavy (non-hydrogen) atoms. The second-order valence-corrected chi connectivity index (χ2v) is 6.36. The van der Waals surface area contributed by atoms with E-state index in [4.69, 9.17) is 0 Å². The summed E-state index contributed by atoms with van der Waals surface area (Å²) in [5.41, 5.74) is -0.0363. The summed E-state index contributed by atoms with van der Waals surface area (Å²) in [5, 5.41) is 12.8. The standard InChI is InChI=1S/C13H26N2O2/c1-9(2)14-10-7-6-8-15(12(16)17)11(10)13(3,4)5/h9-11,14H,6-8H2,1-5H3,(H,16,17)/t10-,11?/m1/s1. The molecule has 1 aliphatic rings. The van der Waals surface area contributed by atoms with Crippen molar-refractivity contribution in [2.45, 2.75) is 65.6 Å². The molecule has 1 saturated heterocycles. The van der Waals surface area contributed by atoms with Gasteiger partial charge in [-0.1, -0.05) is 34.6 Å². The minimum Gasteiger partial charge on any atom is -0.465 e. The Morgan fingerprint density at radius 3 is 2.41 bits per heavy atom. The summed E-state index contributed by atoms with van der Waals surface area (Å²) >= 11 is 0. The van der Waals surface area contributed by atoms with E-state index in [-0.39, 0.29) is 17.5 Å². The summed E-state index contributed by atoms with van der Waals surface area (Å²) < 4.78 is 0. The van der Waals surface area contributed by atoms with E-state index in [1.165, 1.54) is 0 Å². The normalized spacial score (nSPS) is 26.4. The van der Waals surface area contributed by atoms with Crippen molar-refractivity contribution in [3.63, 3.8) is 0 Å². The van der Waals surface area contributed by atoms with Crippen molar-refractivity contribution in [2.75, 3.05) is 6.54 Å². The van der Waals surface area contributed by atoms with Crippen molar-refractivity contribution in [1.82, 2.24) is 10.2 Å². The summed E-state index contributed by atoms with van der Waals surface area (Å²) in [5.74, 6) is 0. The van der Waals surface area contributed by atoms with Crippen LogP contribution in [0.4, 0.5) is 4.79 Å². The Hall–Kier alpha value is -0.770. The molecule has 100 valence electrons. The Balaban J connectivity index is 2.91. The highest BCUT2D eigenvalue weighted by Crippen LogP contribution is 2.32. The Labute approximate surface area is 104 Å². The van der Waals surface area contributed by atoms with Crippen molar-refractivity contribution < 1.29 is 9.90 Å². The van der Waals surface area contributed by atoms with Gasteiger partial charge in [0.15, 0.2) is 0 Å². The predicted octanol–water partition coefficient (Wildman–Crippen LogP) is 2.54. The highest BCUT2D eigenvalue weighted by atomic mass is 16.4. The molecule has 0 saturated carbocycles. The van der Waals surface area contributed by atoms with Crippen LogP contribution < -0.4 is 5.32 Å². The van der Waals surface area contributed by atoms with Crippen molar-refractivity contribution >= 4 is 6.09 Å². The number of nitrogens with one attached hydrogen (secondary N) is 1. The number of nitrogens with zero attached hydrogens (tertiary/aromatic N) is 1. The zero-order chi connectivity index (χ0) is 13.2. The number of carboxylic acid groups (broad SMARTS) is 1. The number of piperidine rings is 1. The van der Waals surface area contributed by atoms with E-state index < -0.39 is 6.09 Å². The quantitative estimate of drug-likeness (QED) is 0.782. The number of rotatable bonds is 2. The fraction of sp³-hybridized carbons (Fsp3) is 0.923. The van der Waals surface area contributed by atoms with Crippen LogP contribution in [0.1, 0.15) is 47.5 Å². The molecule has 2 atom stereocenters.